The van der Waals surface area contributed by atoms with E-state index in [1.54, 1.807) is 11.3 Å². The second-order valence-corrected chi connectivity index (χ2v) is 7.79. The summed E-state index contributed by atoms with van der Waals surface area (Å²) in [6.45, 7) is 3.66. The fourth-order valence-electron chi connectivity index (χ4n) is 3.47. The Hall–Kier alpha value is -1.66. The second kappa shape index (κ2) is 7.07. The van der Waals surface area contributed by atoms with Crippen molar-refractivity contribution in [2.24, 2.45) is 5.92 Å². The van der Waals surface area contributed by atoms with E-state index in [0.29, 0.717) is 18.4 Å². The van der Waals surface area contributed by atoms with Gasteiger partial charge in [-0.25, -0.2) is 0 Å². The van der Waals surface area contributed by atoms with Crippen LogP contribution in [0.25, 0.3) is 0 Å². The van der Waals surface area contributed by atoms with Crippen LogP contribution in [0.15, 0.2) is 29.1 Å². The summed E-state index contributed by atoms with van der Waals surface area (Å²) in [4.78, 5) is 14.3. The summed E-state index contributed by atoms with van der Waals surface area (Å²) in [5.74, 6) is 0.864. The van der Waals surface area contributed by atoms with Crippen molar-refractivity contribution in [3.8, 4) is 0 Å². The van der Waals surface area contributed by atoms with Crippen molar-refractivity contribution in [2.45, 2.75) is 44.8 Å². The number of aromatic nitrogens is 2. The van der Waals surface area contributed by atoms with Gasteiger partial charge in [-0.15, -0.1) is 0 Å². The van der Waals surface area contributed by atoms with Gasteiger partial charge in [-0.05, 0) is 53.6 Å². The lowest BCUT2D eigenvalue weighted by Gasteiger charge is -2.33. The first-order chi connectivity index (χ1) is 11.8. The molecule has 0 radical (unpaired) electrons. The van der Waals surface area contributed by atoms with E-state index >= 15 is 0 Å². The number of carbonyl (C=O) groups excluding carboxylic acids is 1. The molecular formula is C18H24N4OS. The number of carbonyl (C=O) groups is 1. The molecule has 1 amide bonds. The SMILES string of the molecule is O=C(CC1CC1)NCC[C@H]1CN(Cc2ccsc2)Cc2ccnn21. The molecule has 2 aromatic heterocycles. The number of hydrogen-bond acceptors (Lipinski definition) is 4. The van der Waals surface area contributed by atoms with Crippen LogP contribution in [-0.2, 0) is 17.9 Å². The molecule has 24 heavy (non-hydrogen) atoms. The predicted molar refractivity (Wildman–Crippen MR) is 94.7 cm³/mol. The molecule has 0 spiro atoms. The van der Waals surface area contributed by atoms with Crippen LogP contribution in [0, 0.1) is 5.92 Å². The summed E-state index contributed by atoms with van der Waals surface area (Å²) in [6, 6.07) is 4.64. The average molecular weight is 344 g/mol. The van der Waals surface area contributed by atoms with Crippen molar-refractivity contribution in [1.82, 2.24) is 20.0 Å². The zero-order chi connectivity index (χ0) is 16.4. The van der Waals surface area contributed by atoms with Gasteiger partial charge in [-0.2, -0.15) is 16.4 Å². The Kier molecular flexibility index (Phi) is 4.67. The molecule has 1 saturated carbocycles. The Morgan fingerprint density at radius 3 is 3.08 bits per heavy atom. The van der Waals surface area contributed by atoms with Gasteiger partial charge in [0.1, 0.15) is 0 Å². The van der Waals surface area contributed by atoms with E-state index in [9.17, 15) is 4.79 Å². The highest BCUT2D eigenvalue weighted by Gasteiger charge is 2.26. The first-order valence-electron chi connectivity index (χ1n) is 8.80. The third-order valence-corrected chi connectivity index (χ3v) is 5.64. The number of thiophene rings is 1. The highest BCUT2D eigenvalue weighted by molar-refractivity contribution is 7.07. The van der Waals surface area contributed by atoms with Gasteiger partial charge < -0.3 is 5.32 Å². The zero-order valence-corrected chi connectivity index (χ0v) is 14.7. The first-order valence-corrected chi connectivity index (χ1v) is 9.75. The summed E-state index contributed by atoms with van der Waals surface area (Å²) in [5, 5.41) is 11.9. The van der Waals surface area contributed by atoms with Crippen LogP contribution in [-0.4, -0.2) is 33.7 Å². The van der Waals surface area contributed by atoms with Crippen molar-refractivity contribution in [2.75, 3.05) is 13.1 Å². The maximum Gasteiger partial charge on any atom is 0.220 e. The van der Waals surface area contributed by atoms with Gasteiger partial charge in [0.15, 0.2) is 0 Å². The van der Waals surface area contributed by atoms with Gasteiger partial charge in [0.2, 0.25) is 5.91 Å². The number of rotatable bonds is 7. The standard InChI is InChI=1S/C18H24N4OS/c23-18(9-14-1-2-14)19-6-3-16-11-21(10-15-5-8-24-13-15)12-17-4-7-20-22(16)17/h4-5,7-8,13-14,16H,1-3,6,9-12H2,(H,19,23)/t16-/m0/s1. The Balaban J connectivity index is 1.33. The molecule has 0 saturated heterocycles. The first kappa shape index (κ1) is 15.8. The molecule has 1 N–H and O–H groups in total. The zero-order valence-electron chi connectivity index (χ0n) is 13.9. The molecule has 0 aromatic carbocycles. The Labute approximate surface area is 146 Å². The van der Waals surface area contributed by atoms with Gasteiger partial charge >= 0.3 is 0 Å². The fourth-order valence-corrected chi connectivity index (χ4v) is 4.13. The van der Waals surface area contributed by atoms with Crippen molar-refractivity contribution < 1.29 is 4.79 Å². The molecule has 0 unspecified atom stereocenters. The molecule has 128 valence electrons. The number of fused-ring (bicyclic) bond motifs is 1. The maximum atomic E-state index is 11.9. The maximum absolute atomic E-state index is 11.9. The monoisotopic (exact) mass is 344 g/mol. The third kappa shape index (κ3) is 3.87. The Morgan fingerprint density at radius 2 is 2.29 bits per heavy atom. The summed E-state index contributed by atoms with van der Waals surface area (Å²) in [6.07, 6.45) is 5.99. The van der Waals surface area contributed by atoms with E-state index in [2.05, 4.69) is 42.9 Å². The molecule has 5 nitrogen and oxygen atoms in total. The van der Waals surface area contributed by atoms with E-state index in [1.165, 1.54) is 24.1 Å². The minimum Gasteiger partial charge on any atom is -0.356 e. The van der Waals surface area contributed by atoms with Crippen molar-refractivity contribution >= 4 is 17.2 Å². The number of nitrogens with one attached hydrogen (secondary N) is 1. The molecule has 1 atom stereocenters. The van der Waals surface area contributed by atoms with Crippen LogP contribution in [0.3, 0.4) is 0 Å². The minimum absolute atomic E-state index is 0.212. The molecule has 0 bridgehead atoms. The average Bonchev–Trinajstić information content (AvgIpc) is 3.03. The normalized spacial score (nSPS) is 20.8. The van der Waals surface area contributed by atoms with Crippen molar-refractivity contribution in [3.63, 3.8) is 0 Å². The molecule has 3 heterocycles. The molecule has 1 aliphatic carbocycles. The molecule has 2 aliphatic rings. The number of nitrogens with zero attached hydrogens (tertiary/aromatic N) is 3. The van der Waals surface area contributed by atoms with E-state index in [0.717, 1.165) is 32.6 Å². The molecule has 2 aromatic rings. The topological polar surface area (TPSA) is 50.2 Å². The van der Waals surface area contributed by atoms with Crippen LogP contribution in [0.5, 0.6) is 0 Å². The summed E-state index contributed by atoms with van der Waals surface area (Å²) < 4.78 is 2.15. The van der Waals surface area contributed by atoms with Gasteiger partial charge in [-0.1, -0.05) is 0 Å². The Bertz CT molecular complexity index is 677. The smallest absolute Gasteiger partial charge is 0.220 e. The van der Waals surface area contributed by atoms with Gasteiger partial charge in [0, 0.05) is 38.8 Å². The molecule has 4 rings (SSSR count). The quantitative estimate of drug-likeness (QED) is 0.840. The van der Waals surface area contributed by atoms with Gasteiger partial charge in [-0.3, -0.25) is 14.4 Å². The minimum atomic E-state index is 0.212. The lowest BCUT2D eigenvalue weighted by molar-refractivity contribution is -0.121. The lowest BCUT2D eigenvalue weighted by Crippen LogP contribution is -2.38. The summed E-state index contributed by atoms with van der Waals surface area (Å²) >= 11 is 1.75. The Morgan fingerprint density at radius 1 is 1.38 bits per heavy atom. The van der Waals surface area contributed by atoms with Crippen molar-refractivity contribution in [3.05, 3.63) is 40.3 Å². The van der Waals surface area contributed by atoms with Gasteiger partial charge in [0.05, 0.1) is 11.7 Å². The molecule has 1 aliphatic heterocycles. The summed E-state index contributed by atoms with van der Waals surface area (Å²) in [7, 11) is 0. The largest absolute Gasteiger partial charge is 0.356 e. The van der Waals surface area contributed by atoms with E-state index in [4.69, 9.17) is 0 Å². The van der Waals surface area contributed by atoms with Crippen LogP contribution >= 0.6 is 11.3 Å². The third-order valence-electron chi connectivity index (χ3n) is 4.91. The highest BCUT2D eigenvalue weighted by Crippen LogP contribution is 2.32. The highest BCUT2D eigenvalue weighted by atomic mass is 32.1. The fraction of sp³-hybridized carbons (Fsp3) is 0.556. The van der Waals surface area contributed by atoms with Crippen molar-refractivity contribution in [1.29, 1.82) is 0 Å². The lowest BCUT2D eigenvalue weighted by atomic mass is 10.1. The predicted octanol–water partition coefficient (Wildman–Crippen LogP) is 2.81. The van der Waals surface area contributed by atoms with Crippen LogP contribution in [0.2, 0.25) is 0 Å². The van der Waals surface area contributed by atoms with Crippen LogP contribution < -0.4 is 5.32 Å². The molecule has 1 fully saturated rings. The van der Waals surface area contributed by atoms with E-state index in [-0.39, 0.29) is 5.91 Å². The van der Waals surface area contributed by atoms with Crippen LogP contribution in [0.4, 0.5) is 0 Å². The summed E-state index contributed by atoms with van der Waals surface area (Å²) in [5.41, 5.74) is 2.65. The van der Waals surface area contributed by atoms with E-state index < -0.39 is 0 Å². The van der Waals surface area contributed by atoms with E-state index in [1.807, 2.05) is 6.20 Å². The number of hydrogen-bond donors (Lipinski definition) is 1. The van der Waals surface area contributed by atoms with Gasteiger partial charge in [0.25, 0.3) is 0 Å². The van der Waals surface area contributed by atoms with Crippen LogP contribution in [0.1, 0.15) is 43.0 Å². The molecular weight excluding hydrogens is 320 g/mol. The number of amides is 1. The second-order valence-electron chi connectivity index (χ2n) is 7.01. The molecule has 6 heteroatoms.